The van der Waals surface area contributed by atoms with Gasteiger partial charge < -0.3 is 0 Å². The average Bonchev–Trinajstić information content (AvgIpc) is 2.93. The lowest BCUT2D eigenvalue weighted by Gasteiger charge is -2.11. The molecule has 0 heterocycles. The molecule has 0 aromatic heterocycles. The lowest BCUT2D eigenvalue weighted by atomic mass is 10.0. The largest absolute Gasteiger partial charge is 0.387 e. The predicted octanol–water partition coefficient (Wildman–Crippen LogP) is 10.3. The van der Waals surface area contributed by atoms with Crippen LogP contribution in [0.2, 0.25) is 40.2 Å². The molecule has 0 atom stereocenters. The summed E-state index contributed by atoms with van der Waals surface area (Å²) in [4.78, 5) is 60.3. The minimum Gasteiger partial charge on any atom is -0.288 e. The van der Waals surface area contributed by atoms with Crippen molar-refractivity contribution in [2.45, 2.75) is 0 Å². The van der Waals surface area contributed by atoms with Crippen molar-refractivity contribution >= 4 is 116 Å². The minimum absolute atomic E-state index is 0.0598. The van der Waals surface area contributed by atoms with Crippen molar-refractivity contribution < 1.29 is 29.0 Å². The molecule has 14 heteroatoms. The molecule has 214 valence electrons. The molecule has 0 bridgehead atoms. The minimum atomic E-state index is -1.22. The Bertz CT molecular complexity index is 1670. The van der Waals surface area contributed by atoms with Crippen LogP contribution in [-0.2, 0) is 9.78 Å². The third-order valence-electron chi connectivity index (χ3n) is 5.64. The van der Waals surface area contributed by atoms with E-state index in [0.29, 0.717) is 10.0 Å². The van der Waals surface area contributed by atoms with Gasteiger partial charge in [-0.25, -0.2) is 19.4 Å². The first-order valence-electron chi connectivity index (χ1n) is 11.2. The molecule has 4 aromatic rings. The van der Waals surface area contributed by atoms with E-state index >= 15 is 0 Å². The Morgan fingerprint density at radius 1 is 0.405 bits per heavy atom. The topological polar surface area (TPSA) is 86.7 Å². The van der Waals surface area contributed by atoms with E-state index in [0.717, 1.165) is 12.1 Å². The first-order chi connectivity index (χ1) is 19.8. The molecular formula is C28H10Cl8O6. The number of benzene rings is 4. The molecule has 0 N–H and O–H groups in total. The summed E-state index contributed by atoms with van der Waals surface area (Å²) >= 11 is 48.9. The van der Waals surface area contributed by atoms with E-state index in [-0.39, 0.29) is 63.5 Å². The first kappa shape index (κ1) is 32.4. The van der Waals surface area contributed by atoms with Gasteiger partial charge in [0.1, 0.15) is 0 Å². The third kappa shape index (κ3) is 6.67. The second-order valence-electron chi connectivity index (χ2n) is 8.23. The summed E-state index contributed by atoms with van der Waals surface area (Å²) < 4.78 is 0. The quantitative estimate of drug-likeness (QED) is 0.112. The van der Waals surface area contributed by atoms with Gasteiger partial charge in [0.25, 0.3) is 0 Å². The summed E-state index contributed by atoms with van der Waals surface area (Å²) in [7, 11) is 0. The number of carbonyl (C=O) groups excluding carboxylic acids is 4. The van der Waals surface area contributed by atoms with Crippen LogP contribution in [0.4, 0.5) is 0 Å². The Morgan fingerprint density at radius 2 is 0.690 bits per heavy atom. The zero-order valence-corrected chi connectivity index (χ0v) is 26.3. The predicted molar refractivity (Wildman–Crippen MR) is 164 cm³/mol. The molecule has 0 radical (unpaired) electrons. The summed E-state index contributed by atoms with van der Waals surface area (Å²) in [6, 6.07) is 13.3. The fourth-order valence-electron chi connectivity index (χ4n) is 3.57. The Morgan fingerprint density at radius 3 is 1.02 bits per heavy atom. The molecular weight excluding hydrogens is 716 g/mol. The van der Waals surface area contributed by atoms with Gasteiger partial charge in [-0.1, -0.05) is 92.8 Å². The Balaban J connectivity index is 1.50. The van der Waals surface area contributed by atoms with Crippen LogP contribution in [0, 0.1) is 0 Å². The Labute approximate surface area is 277 Å². The SMILES string of the molecule is O=C(OOC(=O)c1ccc(C(=O)c2ccc(Cl)cc2Cl)c(Cl)c1Cl)c1ccc(C(=O)c2ccc(Cl)cc2Cl)c(Cl)c1Cl. The van der Waals surface area contributed by atoms with Crippen molar-refractivity contribution in [2.24, 2.45) is 0 Å². The van der Waals surface area contributed by atoms with Gasteiger partial charge >= 0.3 is 11.9 Å². The van der Waals surface area contributed by atoms with Crippen molar-refractivity contribution in [3.63, 3.8) is 0 Å². The third-order valence-corrected chi connectivity index (χ3v) is 8.50. The zero-order chi connectivity index (χ0) is 30.9. The molecule has 6 nitrogen and oxygen atoms in total. The lowest BCUT2D eigenvalue weighted by Crippen LogP contribution is -2.14. The number of halogens is 8. The molecule has 0 saturated heterocycles. The molecule has 0 aliphatic heterocycles. The normalized spacial score (nSPS) is 10.8. The monoisotopic (exact) mass is 722 g/mol. The van der Waals surface area contributed by atoms with Crippen molar-refractivity contribution in [3.8, 4) is 0 Å². The van der Waals surface area contributed by atoms with Gasteiger partial charge in [-0.15, -0.1) is 0 Å². The summed E-state index contributed by atoms with van der Waals surface area (Å²) in [5.41, 5.74) is -0.562. The number of carbonyl (C=O) groups is 4. The molecule has 4 rings (SSSR count). The highest BCUT2D eigenvalue weighted by Crippen LogP contribution is 2.35. The second-order valence-corrected chi connectivity index (χ2v) is 11.4. The summed E-state index contributed by atoms with van der Waals surface area (Å²) in [6.45, 7) is 0. The van der Waals surface area contributed by atoms with Crippen LogP contribution in [0.15, 0.2) is 60.7 Å². The van der Waals surface area contributed by atoms with Crippen LogP contribution in [0.25, 0.3) is 0 Å². The summed E-state index contributed by atoms with van der Waals surface area (Å²) in [5, 5.41) is -0.432. The van der Waals surface area contributed by atoms with E-state index in [2.05, 4.69) is 9.78 Å². The van der Waals surface area contributed by atoms with E-state index in [1.54, 1.807) is 0 Å². The summed E-state index contributed by atoms with van der Waals surface area (Å²) in [6.07, 6.45) is 0. The number of ketones is 2. The highest BCUT2D eigenvalue weighted by Gasteiger charge is 2.26. The van der Waals surface area contributed by atoms with Crippen LogP contribution >= 0.6 is 92.8 Å². The van der Waals surface area contributed by atoms with Gasteiger partial charge in [0.15, 0.2) is 11.6 Å². The molecule has 42 heavy (non-hydrogen) atoms. The molecule has 0 spiro atoms. The lowest BCUT2D eigenvalue weighted by molar-refractivity contribution is -0.187. The maximum atomic E-state index is 12.9. The molecule has 0 amide bonds. The van der Waals surface area contributed by atoms with E-state index < -0.39 is 23.5 Å². The highest BCUT2D eigenvalue weighted by molar-refractivity contribution is 6.47. The Hall–Kier alpha value is -2.52. The van der Waals surface area contributed by atoms with E-state index in [9.17, 15) is 19.2 Å². The van der Waals surface area contributed by atoms with Crippen molar-refractivity contribution in [1.82, 2.24) is 0 Å². The average molecular weight is 726 g/mol. The van der Waals surface area contributed by atoms with Crippen molar-refractivity contribution in [1.29, 1.82) is 0 Å². The molecule has 0 saturated carbocycles. The van der Waals surface area contributed by atoms with Crippen LogP contribution in [-0.4, -0.2) is 23.5 Å². The van der Waals surface area contributed by atoms with Crippen LogP contribution in [0.5, 0.6) is 0 Å². The zero-order valence-electron chi connectivity index (χ0n) is 20.2. The molecule has 4 aromatic carbocycles. The maximum Gasteiger partial charge on any atom is 0.387 e. The van der Waals surface area contributed by atoms with Gasteiger partial charge in [0.2, 0.25) is 0 Å². The standard InChI is InChI=1S/C28H10Cl8O6/c29-11-1-3-13(19(31)9-11)25(37)15-5-7-17(23(35)21(15)33)27(39)41-42-28(40)18-8-6-16(22(34)24(18)36)26(38)14-4-2-12(30)10-20(14)32/h1-10H. The van der Waals surface area contributed by atoms with Crippen LogP contribution in [0.3, 0.4) is 0 Å². The van der Waals surface area contributed by atoms with Crippen LogP contribution in [0.1, 0.15) is 52.6 Å². The fourth-order valence-corrected chi connectivity index (χ4v) is 5.54. The van der Waals surface area contributed by atoms with Crippen molar-refractivity contribution in [3.05, 3.63) is 134 Å². The van der Waals surface area contributed by atoms with Crippen LogP contribution < -0.4 is 0 Å². The van der Waals surface area contributed by atoms with Gasteiger partial charge in [0, 0.05) is 32.3 Å². The van der Waals surface area contributed by atoms with E-state index in [1.165, 1.54) is 48.5 Å². The molecule has 0 fully saturated rings. The van der Waals surface area contributed by atoms with Gasteiger partial charge in [-0.2, -0.15) is 0 Å². The first-order valence-corrected chi connectivity index (χ1v) is 14.2. The molecule has 0 aliphatic carbocycles. The fraction of sp³-hybridized carbons (Fsp3) is 0. The number of hydrogen-bond acceptors (Lipinski definition) is 6. The van der Waals surface area contributed by atoms with E-state index in [1.807, 2.05) is 0 Å². The molecule has 0 aliphatic rings. The van der Waals surface area contributed by atoms with Gasteiger partial charge in [-0.3, -0.25) is 9.59 Å². The molecule has 0 unspecified atom stereocenters. The second kappa shape index (κ2) is 13.4. The van der Waals surface area contributed by atoms with Crippen molar-refractivity contribution in [2.75, 3.05) is 0 Å². The highest BCUT2D eigenvalue weighted by atomic mass is 35.5. The number of rotatable bonds is 6. The van der Waals surface area contributed by atoms with Gasteiger partial charge in [0.05, 0.1) is 41.3 Å². The van der Waals surface area contributed by atoms with Gasteiger partial charge in [-0.05, 0) is 60.7 Å². The Kier molecular flexibility index (Phi) is 10.3. The maximum absolute atomic E-state index is 12.9. The smallest absolute Gasteiger partial charge is 0.288 e. The number of hydrogen-bond donors (Lipinski definition) is 0. The summed E-state index contributed by atoms with van der Waals surface area (Å²) in [5.74, 6) is -3.60. The van der Waals surface area contributed by atoms with E-state index in [4.69, 9.17) is 92.8 Å².